The predicted octanol–water partition coefficient (Wildman–Crippen LogP) is 4.50. The second-order valence-corrected chi connectivity index (χ2v) is 6.12. The van der Waals surface area contributed by atoms with Crippen molar-refractivity contribution in [2.75, 3.05) is 5.32 Å². The SMILES string of the molecule is Cc1c(Br)cccc1NC(=O)[C@H]1C[C@H]1c1ccccc1. The highest BCUT2D eigenvalue weighted by molar-refractivity contribution is 9.10. The number of nitrogens with one attached hydrogen (secondary N) is 1. The molecule has 1 aliphatic rings. The van der Waals surface area contributed by atoms with Gasteiger partial charge in [0.05, 0.1) is 0 Å². The van der Waals surface area contributed by atoms with Crippen molar-refractivity contribution >= 4 is 27.5 Å². The summed E-state index contributed by atoms with van der Waals surface area (Å²) in [6, 6.07) is 16.1. The second-order valence-electron chi connectivity index (χ2n) is 5.26. The van der Waals surface area contributed by atoms with Crippen LogP contribution < -0.4 is 5.32 Å². The third-order valence-corrected chi connectivity index (χ3v) is 4.74. The van der Waals surface area contributed by atoms with Crippen LogP contribution in [0.5, 0.6) is 0 Å². The van der Waals surface area contributed by atoms with Gasteiger partial charge in [-0.25, -0.2) is 0 Å². The molecule has 0 bridgehead atoms. The number of hydrogen-bond donors (Lipinski definition) is 1. The smallest absolute Gasteiger partial charge is 0.228 e. The van der Waals surface area contributed by atoms with Gasteiger partial charge in [-0.3, -0.25) is 4.79 Å². The molecule has 0 heterocycles. The molecule has 2 aromatic rings. The van der Waals surface area contributed by atoms with Gasteiger partial charge in [-0.1, -0.05) is 52.3 Å². The molecule has 0 aromatic heterocycles. The van der Waals surface area contributed by atoms with E-state index in [0.717, 1.165) is 22.1 Å². The number of carbonyl (C=O) groups excluding carboxylic acids is 1. The Morgan fingerprint density at radius 3 is 2.65 bits per heavy atom. The fourth-order valence-electron chi connectivity index (χ4n) is 2.52. The fourth-order valence-corrected chi connectivity index (χ4v) is 2.89. The van der Waals surface area contributed by atoms with Crippen LogP contribution in [0.15, 0.2) is 53.0 Å². The molecule has 1 saturated carbocycles. The minimum atomic E-state index is 0.107. The highest BCUT2D eigenvalue weighted by Crippen LogP contribution is 2.48. The summed E-state index contributed by atoms with van der Waals surface area (Å²) in [6.45, 7) is 2.00. The zero-order valence-electron chi connectivity index (χ0n) is 11.3. The minimum absolute atomic E-state index is 0.107. The predicted molar refractivity (Wildman–Crippen MR) is 84.8 cm³/mol. The Kier molecular flexibility index (Phi) is 3.62. The number of rotatable bonds is 3. The molecule has 0 saturated heterocycles. The van der Waals surface area contributed by atoms with Gasteiger partial charge < -0.3 is 5.32 Å². The first-order valence-electron chi connectivity index (χ1n) is 6.77. The van der Waals surface area contributed by atoms with Crippen LogP contribution in [0.25, 0.3) is 0 Å². The number of halogens is 1. The van der Waals surface area contributed by atoms with Crippen LogP contribution in [0.3, 0.4) is 0 Å². The van der Waals surface area contributed by atoms with E-state index in [1.54, 1.807) is 0 Å². The van der Waals surface area contributed by atoms with Crippen molar-refractivity contribution < 1.29 is 4.79 Å². The van der Waals surface area contributed by atoms with Gasteiger partial charge in [0.15, 0.2) is 0 Å². The molecule has 1 aliphatic carbocycles. The van der Waals surface area contributed by atoms with Crippen LogP contribution >= 0.6 is 15.9 Å². The lowest BCUT2D eigenvalue weighted by molar-refractivity contribution is -0.117. The van der Waals surface area contributed by atoms with Gasteiger partial charge in [-0.15, -0.1) is 0 Å². The lowest BCUT2D eigenvalue weighted by Gasteiger charge is -2.09. The maximum absolute atomic E-state index is 12.3. The molecule has 0 aliphatic heterocycles. The summed E-state index contributed by atoms with van der Waals surface area (Å²) in [7, 11) is 0. The average molecular weight is 330 g/mol. The molecule has 0 unspecified atom stereocenters. The Hall–Kier alpha value is -1.61. The maximum Gasteiger partial charge on any atom is 0.228 e. The van der Waals surface area contributed by atoms with Gasteiger partial charge in [0.25, 0.3) is 0 Å². The lowest BCUT2D eigenvalue weighted by atomic mass is 10.1. The van der Waals surface area contributed by atoms with Crippen molar-refractivity contribution in [3.8, 4) is 0 Å². The van der Waals surface area contributed by atoms with Gasteiger partial charge >= 0.3 is 0 Å². The van der Waals surface area contributed by atoms with Crippen LogP contribution in [0.2, 0.25) is 0 Å². The normalized spacial score (nSPS) is 20.5. The van der Waals surface area contributed by atoms with E-state index >= 15 is 0 Å². The topological polar surface area (TPSA) is 29.1 Å². The first kappa shape index (κ1) is 13.4. The van der Waals surface area contributed by atoms with E-state index in [1.165, 1.54) is 5.56 Å². The number of benzene rings is 2. The Balaban J connectivity index is 1.69. The molecule has 2 aromatic carbocycles. The third-order valence-electron chi connectivity index (χ3n) is 3.88. The summed E-state index contributed by atoms with van der Waals surface area (Å²) in [5, 5.41) is 3.04. The van der Waals surface area contributed by atoms with Crippen LogP contribution in [-0.2, 0) is 4.79 Å². The van der Waals surface area contributed by atoms with E-state index in [0.29, 0.717) is 5.92 Å². The zero-order chi connectivity index (χ0) is 14.1. The Bertz CT molecular complexity index is 639. The molecule has 1 N–H and O–H groups in total. The molecular formula is C17H16BrNO. The Labute approximate surface area is 127 Å². The summed E-state index contributed by atoms with van der Waals surface area (Å²) in [5.74, 6) is 0.611. The van der Waals surface area contributed by atoms with Gasteiger partial charge in [0, 0.05) is 16.1 Å². The average Bonchev–Trinajstić information content (AvgIpc) is 3.25. The minimum Gasteiger partial charge on any atom is -0.326 e. The van der Waals surface area contributed by atoms with Crippen molar-refractivity contribution in [1.29, 1.82) is 0 Å². The summed E-state index contributed by atoms with van der Waals surface area (Å²) in [6.07, 6.45) is 0.947. The molecule has 0 spiro atoms. The van der Waals surface area contributed by atoms with Gasteiger partial charge in [0.2, 0.25) is 5.91 Å². The quantitative estimate of drug-likeness (QED) is 0.882. The highest BCUT2D eigenvalue weighted by atomic mass is 79.9. The molecule has 3 heteroatoms. The number of carbonyl (C=O) groups is 1. The van der Waals surface area contributed by atoms with Crippen LogP contribution in [0, 0.1) is 12.8 Å². The molecule has 1 amide bonds. The Morgan fingerprint density at radius 1 is 1.15 bits per heavy atom. The van der Waals surface area contributed by atoms with E-state index in [1.807, 2.05) is 43.3 Å². The summed E-state index contributed by atoms with van der Waals surface area (Å²) < 4.78 is 1.02. The molecule has 2 atom stereocenters. The summed E-state index contributed by atoms with van der Waals surface area (Å²) in [5.41, 5.74) is 3.22. The van der Waals surface area contributed by atoms with Crippen molar-refractivity contribution in [2.45, 2.75) is 19.3 Å². The van der Waals surface area contributed by atoms with Crippen molar-refractivity contribution in [3.05, 3.63) is 64.1 Å². The molecule has 20 heavy (non-hydrogen) atoms. The fraction of sp³-hybridized carbons (Fsp3) is 0.235. The first-order chi connectivity index (χ1) is 9.66. The molecule has 3 rings (SSSR count). The van der Waals surface area contributed by atoms with E-state index in [4.69, 9.17) is 0 Å². The number of anilines is 1. The second kappa shape index (κ2) is 5.41. The van der Waals surface area contributed by atoms with Crippen molar-refractivity contribution in [2.24, 2.45) is 5.92 Å². The van der Waals surface area contributed by atoms with E-state index < -0.39 is 0 Å². The van der Waals surface area contributed by atoms with Gasteiger partial charge in [-0.05, 0) is 42.5 Å². The highest BCUT2D eigenvalue weighted by Gasteiger charge is 2.43. The lowest BCUT2D eigenvalue weighted by Crippen LogP contribution is -2.15. The van der Waals surface area contributed by atoms with Crippen LogP contribution in [-0.4, -0.2) is 5.91 Å². The van der Waals surface area contributed by atoms with Crippen LogP contribution in [0.1, 0.15) is 23.5 Å². The maximum atomic E-state index is 12.3. The Morgan fingerprint density at radius 2 is 1.90 bits per heavy atom. The van der Waals surface area contributed by atoms with E-state index in [9.17, 15) is 4.79 Å². The van der Waals surface area contributed by atoms with Gasteiger partial charge in [0.1, 0.15) is 0 Å². The largest absolute Gasteiger partial charge is 0.326 e. The molecule has 102 valence electrons. The molecular weight excluding hydrogens is 314 g/mol. The van der Waals surface area contributed by atoms with Crippen molar-refractivity contribution in [1.82, 2.24) is 0 Å². The van der Waals surface area contributed by atoms with Crippen molar-refractivity contribution in [3.63, 3.8) is 0 Å². The summed E-state index contributed by atoms with van der Waals surface area (Å²) >= 11 is 3.49. The standard InChI is InChI=1S/C17H16BrNO/c1-11-15(18)8-5-9-16(11)19-17(20)14-10-13(14)12-6-3-2-4-7-12/h2-9,13-14H,10H2,1H3,(H,19,20)/t13-,14-/m0/s1. The monoisotopic (exact) mass is 329 g/mol. The first-order valence-corrected chi connectivity index (χ1v) is 7.57. The zero-order valence-corrected chi connectivity index (χ0v) is 12.9. The van der Waals surface area contributed by atoms with Crippen LogP contribution in [0.4, 0.5) is 5.69 Å². The van der Waals surface area contributed by atoms with E-state index in [2.05, 4.69) is 33.4 Å². The summed E-state index contributed by atoms with van der Waals surface area (Å²) in [4.78, 5) is 12.3. The van der Waals surface area contributed by atoms with Gasteiger partial charge in [-0.2, -0.15) is 0 Å². The molecule has 2 nitrogen and oxygen atoms in total. The number of amides is 1. The van der Waals surface area contributed by atoms with E-state index in [-0.39, 0.29) is 11.8 Å². The molecule has 1 fully saturated rings. The third kappa shape index (κ3) is 2.63. The molecule has 0 radical (unpaired) electrons. The number of hydrogen-bond acceptors (Lipinski definition) is 1.